The van der Waals surface area contributed by atoms with Gasteiger partial charge in [0.1, 0.15) is 0 Å². The molecule has 0 radical (unpaired) electrons. The van der Waals surface area contributed by atoms with Crippen molar-refractivity contribution in [3.05, 3.63) is 29.8 Å². The lowest BCUT2D eigenvalue weighted by atomic mass is 10.2. The number of alkyl halides is 3. The van der Waals surface area contributed by atoms with Crippen molar-refractivity contribution >= 4 is 10.0 Å². The molecule has 0 aliphatic carbocycles. The van der Waals surface area contributed by atoms with E-state index in [1.54, 1.807) is 0 Å². The van der Waals surface area contributed by atoms with Crippen LogP contribution >= 0.6 is 0 Å². The van der Waals surface area contributed by atoms with Crippen molar-refractivity contribution in [2.24, 2.45) is 0 Å². The molecule has 0 amide bonds. The first-order valence-electron chi connectivity index (χ1n) is 4.88. The second kappa shape index (κ2) is 5.42. The number of sulfonamides is 1. The Hall–Kier alpha value is -1.52. The number of rotatable bonds is 4. The van der Waals surface area contributed by atoms with E-state index in [1.165, 1.54) is 0 Å². The molecule has 0 heterocycles. The van der Waals surface area contributed by atoms with Crippen molar-refractivity contribution in [1.82, 2.24) is 4.72 Å². The maximum Gasteiger partial charge on any atom is 0.416 e. The largest absolute Gasteiger partial charge is 0.416 e. The number of terminal acetylenes is 1. The van der Waals surface area contributed by atoms with Gasteiger partial charge < -0.3 is 0 Å². The smallest absolute Gasteiger partial charge is 0.210 e. The first-order chi connectivity index (χ1) is 8.27. The zero-order chi connectivity index (χ0) is 13.8. The van der Waals surface area contributed by atoms with E-state index in [-0.39, 0.29) is 13.0 Å². The Kier molecular flexibility index (Phi) is 4.38. The fourth-order valence-electron chi connectivity index (χ4n) is 1.18. The Morgan fingerprint density at radius 1 is 1.33 bits per heavy atom. The van der Waals surface area contributed by atoms with Crippen molar-refractivity contribution in [2.45, 2.75) is 17.5 Å². The quantitative estimate of drug-likeness (QED) is 0.676. The van der Waals surface area contributed by atoms with Crippen molar-refractivity contribution < 1.29 is 21.6 Å². The van der Waals surface area contributed by atoms with Crippen LogP contribution in [0.15, 0.2) is 29.2 Å². The minimum absolute atomic E-state index is 0.0188. The zero-order valence-corrected chi connectivity index (χ0v) is 9.98. The highest BCUT2D eigenvalue weighted by molar-refractivity contribution is 7.89. The van der Waals surface area contributed by atoms with E-state index in [9.17, 15) is 21.6 Å². The molecule has 0 bridgehead atoms. The van der Waals surface area contributed by atoms with Crippen molar-refractivity contribution in [2.75, 3.05) is 6.54 Å². The Morgan fingerprint density at radius 3 is 2.56 bits per heavy atom. The van der Waals surface area contributed by atoms with Crippen LogP contribution in [0.1, 0.15) is 12.0 Å². The molecule has 0 aromatic heterocycles. The molecule has 0 saturated heterocycles. The summed E-state index contributed by atoms with van der Waals surface area (Å²) in [5.41, 5.74) is -1.01. The average Bonchev–Trinajstić information content (AvgIpc) is 2.28. The van der Waals surface area contributed by atoms with E-state index in [1.807, 2.05) is 0 Å². The van der Waals surface area contributed by atoms with Gasteiger partial charge in [-0.1, -0.05) is 6.07 Å². The van der Waals surface area contributed by atoms with Gasteiger partial charge in [-0.05, 0) is 18.2 Å². The summed E-state index contributed by atoms with van der Waals surface area (Å²) in [6.45, 7) is -0.0188. The van der Waals surface area contributed by atoms with Gasteiger partial charge >= 0.3 is 6.18 Å². The second-order valence-electron chi connectivity index (χ2n) is 3.38. The molecule has 7 heteroatoms. The van der Waals surface area contributed by atoms with Gasteiger partial charge in [0.2, 0.25) is 10.0 Å². The van der Waals surface area contributed by atoms with Crippen LogP contribution < -0.4 is 4.72 Å². The molecule has 1 N–H and O–H groups in total. The number of hydrogen-bond donors (Lipinski definition) is 1. The molecule has 0 atom stereocenters. The van der Waals surface area contributed by atoms with Gasteiger partial charge in [0.25, 0.3) is 0 Å². The SMILES string of the molecule is C#CCCNS(=O)(=O)c1cccc(C(F)(F)F)c1. The van der Waals surface area contributed by atoms with Gasteiger partial charge in [-0.3, -0.25) is 0 Å². The first kappa shape index (κ1) is 14.5. The monoisotopic (exact) mass is 277 g/mol. The van der Waals surface area contributed by atoms with Crippen molar-refractivity contribution in [1.29, 1.82) is 0 Å². The molecule has 1 aromatic rings. The van der Waals surface area contributed by atoms with E-state index in [0.717, 1.165) is 18.2 Å². The predicted octanol–water partition coefficient (Wildman–Crippen LogP) is 2.01. The molecule has 0 saturated carbocycles. The molecular weight excluding hydrogens is 267 g/mol. The summed E-state index contributed by atoms with van der Waals surface area (Å²) in [6, 6.07) is 3.52. The number of hydrogen-bond acceptors (Lipinski definition) is 2. The summed E-state index contributed by atoms with van der Waals surface area (Å²) >= 11 is 0. The highest BCUT2D eigenvalue weighted by atomic mass is 32.2. The third-order valence-corrected chi connectivity index (χ3v) is 3.49. The standard InChI is InChI=1S/C11H10F3NO2S/c1-2-3-7-15-18(16,17)10-6-4-5-9(8-10)11(12,13)14/h1,4-6,8,15H,3,7H2. The normalized spacial score (nSPS) is 12.1. The molecule has 3 nitrogen and oxygen atoms in total. The average molecular weight is 277 g/mol. The van der Waals surface area contributed by atoms with Crippen LogP contribution in [0.25, 0.3) is 0 Å². The predicted molar refractivity (Wildman–Crippen MR) is 60.1 cm³/mol. The molecule has 0 fully saturated rings. The lowest BCUT2D eigenvalue weighted by Crippen LogP contribution is -2.25. The molecule has 0 aliphatic heterocycles. The molecule has 1 aromatic carbocycles. The molecule has 0 unspecified atom stereocenters. The van der Waals surface area contributed by atoms with Crippen LogP contribution in [-0.4, -0.2) is 15.0 Å². The fraction of sp³-hybridized carbons (Fsp3) is 0.273. The maximum absolute atomic E-state index is 12.4. The fourth-order valence-corrected chi connectivity index (χ4v) is 2.26. The number of benzene rings is 1. The Labute approximate surface area is 103 Å². The third-order valence-electron chi connectivity index (χ3n) is 2.03. The minimum atomic E-state index is -4.58. The summed E-state index contributed by atoms with van der Waals surface area (Å²) in [6.07, 6.45) is 0.530. The summed E-state index contributed by atoms with van der Waals surface area (Å²) in [7, 11) is -3.96. The van der Waals surface area contributed by atoms with Gasteiger partial charge in [0.05, 0.1) is 10.5 Å². The number of nitrogens with one attached hydrogen (secondary N) is 1. The van der Waals surface area contributed by atoms with Crippen LogP contribution in [-0.2, 0) is 16.2 Å². The molecular formula is C11H10F3NO2S. The van der Waals surface area contributed by atoms with Gasteiger partial charge in [0, 0.05) is 13.0 Å². The Balaban J connectivity index is 3.00. The maximum atomic E-state index is 12.4. The van der Waals surface area contributed by atoms with Crippen LogP contribution in [0.5, 0.6) is 0 Å². The lowest BCUT2D eigenvalue weighted by Gasteiger charge is -2.09. The summed E-state index contributed by atoms with van der Waals surface area (Å²) in [5.74, 6) is 2.22. The highest BCUT2D eigenvalue weighted by Gasteiger charge is 2.31. The third kappa shape index (κ3) is 3.75. The molecule has 0 aliphatic rings. The highest BCUT2D eigenvalue weighted by Crippen LogP contribution is 2.30. The van der Waals surface area contributed by atoms with Crippen molar-refractivity contribution in [3.63, 3.8) is 0 Å². The second-order valence-corrected chi connectivity index (χ2v) is 5.14. The minimum Gasteiger partial charge on any atom is -0.210 e. The summed E-state index contributed by atoms with van der Waals surface area (Å²) < 4.78 is 62.7. The molecule has 98 valence electrons. The zero-order valence-electron chi connectivity index (χ0n) is 9.16. The summed E-state index contributed by atoms with van der Waals surface area (Å²) in [4.78, 5) is -0.436. The van der Waals surface area contributed by atoms with E-state index in [2.05, 4.69) is 10.6 Å². The molecule has 18 heavy (non-hydrogen) atoms. The molecule has 1 rings (SSSR count). The van der Waals surface area contributed by atoms with Gasteiger partial charge in [-0.2, -0.15) is 13.2 Å². The topological polar surface area (TPSA) is 46.2 Å². The van der Waals surface area contributed by atoms with Gasteiger partial charge in [-0.15, -0.1) is 12.3 Å². The van der Waals surface area contributed by atoms with Crippen LogP contribution in [0.2, 0.25) is 0 Å². The van der Waals surface area contributed by atoms with E-state index in [0.29, 0.717) is 6.07 Å². The summed E-state index contributed by atoms with van der Waals surface area (Å²) in [5, 5.41) is 0. The lowest BCUT2D eigenvalue weighted by molar-refractivity contribution is -0.137. The molecule has 0 spiro atoms. The Morgan fingerprint density at radius 2 is 2.00 bits per heavy atom. The van der Waals surface area contributed by atoms with Crippen LogP contribution in [0.3, 0.4) is 0 Å². The van der Waals surface area contributed by atoms with Crippen molar-refractivity contribution in [3.8, 4) is 12.3 Å². The van der Waals surface area contributed by atoms with Gasteiger partial charge in [0.15, 0.2) is 0 Å². The number of halogens is 3. The van der Waals surface area contributed by atoms with Crippen LogP contribution in [0.4, 0.5) is 13.2 Å². The van der Waals surface area contributed by atoms with E-state index in [4.69, 9.17) is 6.42 Å². The first-order valence-corrected chi connectivity index (χ1v) is 6.36. The van der Waals surface area contributed by atoms with Gasteiger partial charge in [-0.25, -0.2) is 13.1 Å². The van der Waals surface area contributed by atoms with E-state index < -0.39 is 26.7 Å². The van der Waals surface area contributed by atoms with Crippen LogP contribution in [0, 0.1) is 12.3 Å². The van der Waals surface area contributed by atoms with E-state index >= 15 is 0 Å². The Bertz CT molecular complexity index is 558.